The minimum Gasteiger partial charge on any atom is -0.459 e. The minimum atomic E-state index is -0.104. The molecule has 130 valence electrons. The third kappa shape index (κ3) is 4.21. The van der Waals surface area contributed by atoms with Crippen LogP contribution in [0.15, 0.2) is 27.3 Å². The van der Waals surface area contributed by atoms with Crippen molar-refractivity contribution in [1.82, 2.24) is 15.0 Å². The Morgan fingerprint density at radius 3 is 3.21 bits per heavy atom. The van der Waals surface area contributed by atoms with E-state index in [9.17, 15) is 4.79 Å². The summed E-state index contributed by atoms with van der Waals surface area (Å²) in [4.78, 5) is 18.3. The first-order valence-corrected chi connectivity index (χ1v) is 8.01. The van der Waals surface area contributed by atoms with E-state index in [1.54, 1.807) is 24.1 Å². The van der Waals surface area contributed by atoms with Crippen molar-refractivity contribution in [2.24, 2.45) is 0 Å². The normalized spacial score (nSPS) is 18.0. The van der Waals surface area contributed by atoms with Crippen molar-refractivity contribution in [2.75, 3.05) is 26.8 Å². The highest BCUT2D eigenvalue weighted by molar-refractivity contribution is 5.91. The van der Waals surface area contributed by atoms with Crippen molar-refractivity contribution in [2.45, 2.75) is 32.0 Å². The maximum absolute atomic E-state index is 12.3. The number of likely N-dealkylation sites (tertiary alicyclic amines) is 1. The Labute approximate surface area is 139 Å². The Bertz CT molecular complexity index is 640. The van der Waals surface area contributed by atoms with Gasteiger partial charge < -0.3 is 23.3 Å². The molecule has 1 aliphatic heterocycles. The van der Waals surface area contributed by atoms with Gasteiger partial charge in [0.1, 0.15) is 6.61 Å². The summed E-state index contributed by atoms with van der Waals surface area (Å²) in [5, 5.41) is 3.87. The Hall–Kier alpha value is -2.19. The number of amides is 1. The Morgan fingerprint density at radius 2 is 2.42 bits per heavy atom. The summed E-state index contributed by atoms with van der Waals surface area (Å²) < 4.78 is 21.1. The van der Waals surface area contributed by atoms with Gasteiger partial charge in [-0.15, -0.1) is 0 Å². The summed E-state index contributed by atoms with van der Waals surface area (Å²) in [6.07, 6.45) is 3.84. The maximum atomic E-state index is 12.3. The van der Waals surface area contributed by atoms with Crippen LogP contribution >= 0.6 is 0 Å². The Balaban J connectivity index is 1.48. The van der Waals surface area contributed by atoms with Gasteiger partial charge in [0.2, 0.25) is 0 Å². The standard InChI is InChI=1S/C16H21N3O5/c1-21-9-6-14-17-15(24-18-14)11-23-12-4-2-7-19(10-12)16(20)13-5-3-8-22-13/h3,5,8,12H,2,4,6-7,9-11H2,1H3/t12-/m0/s1. The number of rotatable bonds is 7. The number of nitrogens with zero attached hydrogens (tertiary/aromatic N) is 3. The lowest BCUT2D eigenvalue weighted by atomic mass is 10.1. The monoisotopic (exact) mass is 335 g/mol. The van der Waals surface area contributed by atoms with Gasteiger partial charge in [0.25, 0.3) is 11.8 Å². The number of carbonyl (C=O) groups is 1. The quantitative estimate of drug-likeness (QED) is 0.760. The second-order valence-corrected chi connectivity index (χ2v) is 5.65. The average Bonchev–Trinajstić information content (AvgIpc) is 3.29. The van der Waals surface area contributed by atoms with Crippen LogP contribution in [0.5, 0.6) is 0 Å². The van der Waals surface area contributed by atoms with E-state index >= 15 is 0 Å². The summed E-state index contributed by atoms with van der Waals surface area (Å²) in [6, 6.07) is 3.38. The van der Waals surface area contributed by atoms with Crippen LogP contribution in [0.25, 0.3) is 0 Å². The number of aromatic nitrogens is 2. The summed E-state index contributed by atoms with van der Waals surface area (Å²) in [5.41, 5.74) is 0. The molecule has 0 aliphatic carbocycles. The molecule has 1 atom stereocenters. The average molecular weight is 335 g/mol. The predicted molar refractivity (Wildman–Crippen MR) is 82.3 cm³/mol. The molecule has 1 aliphatic rings. The lowest BCUT2D eigenvalue weighted by Crippen LogP contribution is -2.43. The second-order valence-electron chi connectivity index (χ2n) is 5.65. The van der Waals surface area contributed by atoms with Crippen molar-refractivity contribution in [3.63, 3.8) is 0 Å². The third-order valence-corrected chi connectivity index (χ3v) is 3.88. The van der Waals surface area contributed by atoms with E-state index in [4.69, 9.17) is 18.4 Å². The lowest BCUT2D eigenvalue weighted by Gasteiger charge is -2.31. The molecule has 0 radical (unpaired) electrons. The van der Waals surface area contributed by atoms with Crippen LogP contribution in [0.1, 0.15) is 35.1 Å². The van der Waals surface area contributed by atoms with Gasteiger partial charge in [-0.05, 0) is 25.0 Å². The number of hydrogen-bond acceptors (Lipinski definition) is 7. The van der Waals surface area contributed by atoms with Gasteiger partial charge in [-0.25, -0.2) is 0 Å². The van der Waals surface area contributed by atoms with Crippen LogP contribution in [0.3, 0.4) is 0 Å². The number of piperidine rings is 1. The van der Waals surface area contributed by atoms with Gasteiger partial charge in [0, 0.05) is 26.6 Å². The van der Waals surface area contributed by atoms with Gasteiger partial charge in [0.15, 0.2) is 11.6 Å². The molecule has 2 aromatic heterocycles. The molecule has 0 unspecified atom stereocenters. The van der Waals surface area contributed by atoms with Gasteiger partial charge in [-0.2, -0.15) is 4.98 Å². The van der Waals surface area contributed by atoms with Gasteiger partial charge in [-0.1, -0.05) is 5.16 Å². The van der Waals surface area contributed by atoms with Crippen LogP contribution in [-0.4, -0.2) is 53.9 Å². The molecule has 0 aromatic carbocycles. The van der Waals surface area contributed by atoms with Crippen molar-refractivity contribution in [1.29, 1.82) is 0 Å². The molecular weight excluding hydrogens is 314 g/mol. The van der Waals surface area contributed by atoms with E-state index < -0.39 is 0 Å². The third-order valence-electron chi connectivity index (χ3n) is 3.88. The molecule has 1 fully saturated rings. The van der Waals surface area contributed by atoms with E-state index in [1.165, 1.54) is 6.26 Å². The molecular formula is C16H21N3O5. The van der Waals surface area contributed by atoms with Crippen molar-refractivity contribution in [3.05, 3.63) is 35.9 Å². The molecule has 3 heterocycles. The molecule has 0 bridgehead atoms. The molecule has 8 heteroatoms. The molecule has 0 saturated carbocycles. The molecule has 24 heavy (non-hydrogen) atoms. The molecule has 2 aromatic rings. The highest BCUT2D eigenvalue weighted by atomic mass is 16.5. The highest BCUT2D eigenvalue weighted by Gasteiger charge is 2.26. The van der Waals surface area contributed by atoms with Gasteiger partial charge in [0.05, 0.1) is 19.0 Å². The molecule has 0 spiro atoms. The fourth-order valence-corrected chi connectivity index (χ4v) is 2.65. The predicted octanol–water partition coefficient (Wildman–Crippen LogP) is 1.67. The first-order valence-electron chi connectivity index (χ1n) is 8.01. The van der Waals surface area contributed by atoms with Crippen molar-refractivity contribution >= 4 is 5.91 Å². The molecule has 1 amide bonds. The fraction of sp³-hybridized carbons (Fsp3) is 0.562. The topological polar surface area (TPSA) is 90.8 Å². The zero-order valence-corrected chi connectivity index (χ0v) is 13.6. The fourth-order valence-electron chi connectivity index (χ4n) is 2.65. The van der Waals surface area contributed by atoms with Crippen LogP contribution in [0.4, 0.5) is 0 Å². The Morgan fingerprint density at radius 1 is 1.50 bits per heavy atom. The van der Waals surface area contributed by atoms with E-state index in [-0.39, 0.29) is 18.6 Å². The summed E-state index contributed by atoms with van der Waals surface area (Å²) >= 11 is 0. The zero-order valence-electron chi connectivity index (χ0n) is 13.6. The first kappa shape index (κ1) is 16.7. The van der Waals surface area contributed by atoms with Crippen LogP contribution in [0, 0.1) is 0 Å². The Kier molecular flexibility index (Phi) is 5.60. The number of ether oxygens (including phenoxy) is 2. The van der Waals surface area contributed by atoms with Crippen LogP contribution < -0.4 is 0 Å². The van der Waals surface area contributed by atoms with E-state index in [0.29, 0.717) is 43.6 Å². The van der Waals surface area contributed by atoms with Gasteiger partial charge in [-0.3, -0.25) is 4.79 Å². The summed E-state index contributed by atoms with van der Waals surface area (Å²) in [6.45, 7) is 2.03. The number of furan rings is 1. The maximum Gasteiger partial charge on any atom is 0.289 e. The molecule has 0 N–H and O–H groups in total. The van der Waals surface area contributed by atoms with E-state index in [1.807, 2.05) is 0 Å². The summed E-state index contributed by atoms with van der Waals surface area (Å²) in [5.74, 6) is 1.30. The summed E-state index contributed by atoms with van der Waals surface area (Å²) in [7, 11) is 1.63. The lowest BCUT2D eigenvalue weighted by molar-refractivity contribution is -0.0160. The highest BCUT2D eigenvalue weighted by Crippen LogP contribution is 2.17. The van der Waals surface area contributed by atoms with E-state index in [0.717, 1.165) is 12.8 Å². The number of hydrogen-bond donors (Lipinski definition) is 0. The van der Waals surface area contributed by atoms with Crippen LogP contribution in [0.2, 0.25) is 0 Å². The zero-order chi connectivity index (χ0) is 16.8. The van der Waals surface area contributed by atoms with Crippen LogP contribution in [-0.2, 0) is 22.5 Å². The first-order chi connectivity index (χ1) is 11.8. The molecule has 3 rings (SSSR count). The smallest absolute Gasteiger partial charge is 0.289 e. The number of methoxy groups -OCH3 is 1. The van der Waals surface area contributed by atoms with Crippen molar-refractivity contribution < 1.29 is 23.2 Å². The molecule has 8 nitrogen and oxygen atoms in total. The number of carbonyl (C=O) groups excluding carboxylic acids is 1. The second kappa shape index (κ2) is 8.07. The van der Waals surface area contributed by atoms with Gasteiger partial charge >= 0.3 is 0 Å². The SMILES string of the molecule is COCCc1noc(CO[C@H]2CCCN(C(=O)c3ccco3)C2)n1. The minimum absolute atomic E-state index is 0.0491. The largest absolute Gasteiger partial charge is 0.459 e. The van der Waals surface area contributed by atoms with Crippen molar-refractivity contribution in [3.8, 4) is 0 Å². The molecule has 1 saturated heterocycles. The van der Waals surface area contributed by atoms with E-state index in [2.05, 4.69) is 10.1 Å².